The molecule has 0 aliphatic rings. The normalized spacial score (nSPS) is 12.2. The lowest BCUT2D eigenvalue weighted by molar-refractivity contribution is -0.120. The summed E-state index contributed by atoms with van der Waals surface area (Å²) in [5.74, 6) is 0.781. The highest BCUT2D eigenvalue weighted by Gasteiger charge is 2.22. The van der Waals surface area contributed by atoms with Crippen LogP contribution in [0.25, 0.3) is 0 Å². The number of rotatable bonds is 8. The number of ether oxygens (including phenoxy) is 1. The number of carbonyl (C=O) groups is 1. The Morgan fingerprint density at radius 1 is 1.32 bits per heavy atom. The average molecular weight is 344 g/mol. The standard InChI is InChI=1S/C19H28N4O2/c1-6-18(19(24)20-15-7-9-16(25-5)10-8-15)23(4)12-11-17-13(2)21-22-14(17)3/h7-10,18H,6,11-12H2,1-5H3,(H,20,24)(H,21,22). The number of amides is 1. The van der Waals surface area contributed by atoms with Gasteiger partial charge in [-0.05, 0) is 63.6 Å². The van der Waals surface area contributed by atoms with Crippen LogP contribution < -0.4 is 10.1 Å². The third-order valence-electron chi connectivity index (χ3n) is 4.57. The summed E-state index contributed by atoms with van der Waals surface area (Å²) >= 11 is 0. The zero-order chi connectivity index (χ0) is 18.4. The molecule has 0 spiro atoms. The Kier molecular flexibility index (Phi) is 6.58. The molecule has 0 bridgehead atoms. The number of nitrogens with zero attached hydrogens (tertiary/aromatic N) is 2. The summed E-state index contributed by atoms with van der Waals surface area (Å²) in [4.78, 5) is 14.7. The molecule has 2 N–H and O–H groups in total. The summed E-state index contributed by atoms with van der Waals surface area (Å²) in [6, 6.07) is 7.20. The number of anilines is 1. The maximum absolute atomic E-state index is 12.6. The van der Waals surface area contributed by atoms with Crippen molar-refractivity contribution in [2.75, 3.05) is 26.0 Å². The molecule has 1 unspecified atom stereocenters. The van der Waals surface area contributed by atoms with Gasteiger partial charge in [-0.3, -0.25) is 14.8 Å². The molecule has 136 valence electrons. The Morgan fingerprint density at radius 2 is 2.00 bits per heavy atom. The first-order chi connectivity index (χ1) is 12.0. The second-order valence-corrected chi connectivity index (χ2v) is 6.28. The SMILES string of the molecule is CCC(C(=O)Nc1ccc(OC)cc1)N(C)CCc1c(C)n[nH]c1C. The van der Waals surface area contributed by atoms with Crippen molar-refractivity contribution in [3.05, 3.63) is 41.2 Å². The monoisotopic (exact) mass is 344 g/mol. The number of aromatic amines is 1. The number of hydrogen-bond acceptors (Lipinski definition) is 4. The summed E-state index contributed by atoms with van der Waals surface area (Å²) < 4.78 is 5.14. The molecule has 0 radical (unpaired) electrons. The van der Waals surface area contributed by atoms with Gasteiger partial charge in [-0.2, -0.15) is 5.10 Å². The van der Waals surface area contributed by atoms with Gasteiger partial charge in [-0.15, -0.1) is 0 Å². The topological polar surface area (TPSA) is 70.2 Å². The van der Waals surface area contributed by atoms with Crippen LogP contribution in [0.5, 0.6) is 5.75 Å². The van der Waals surface area contributed by atoms with Crippen molar-refractivity contribution in [2.24, 2.45) is 0 Å². The fourth-order valence-corrected chi connectivity index (χ4v) is 2.98. The van der Waals surface area contributed by atoms with Crippen LogP contribution in [0.15, 0.2) is 24.3 Å². The van der Waals surface area contributed by atoms with Gasteiger partial charge in [0, 0.05) is 17.9 Å². The number of carbonyl (C=O) groups excluding carboxylic acids is 1. The Bertz CT molecular complexity index is 674. The van der Waals surface area contributed by atoms with Gasteiger partial charge in [0.05, 0.1) is 18.8 Å². The van der Waals surface area contributed by atoms with Crippen LogP contribution >= 0.6 is 0 Å². The molecule has 0 fully saturated rings. The molecule has 6 nitrogen and oxygen atoms in total. The highest BCUT2D eigenvalue weighted by molar-refractivity contribution is 5.94. The van der Waals surface area contributed by atoms with Crippen LogP contribution in [-0.2, 0) is 11.2 Å². The number of hydrogen-bond donors (Lipinski definition) is 2. The molecule has 6 heteroatoms. The first-order valence-corrected chi connectivity index (χ1v) is 8.61. The number of methoxy groups -OCH3 is 1. The van der Waals surface area contributed by atoms with E-state index in [1.165, 1.54) is 5.56 Å². The molecule has 0 saturated heterocycles. The quantitative estimate of drug-likeness (QED) is 0.772. The van der Waals surface area contributed by atoms with Gasteiger partial charge in [0.25, 0.3) is 0 Å². The van der Waals surface area contributed by atoms with Gasteiger partial charge >= 0.3 is 0 Å². The predicted octanol–water partition coefficient (Wildman–Crippen LogP) is 2.93. The zero-order valence-electron chi connectivity index (χ0n) is 15.7. The molecule has 1 aromatic heterocycles. The second-order valence-electron chi connectivity index (χ2n) is 6.28. The van der Waals surface area contributed by atoms with Gasteiger partial charge in [0.2, 0.25) is 5.91 Å². The predicted molar refractivity (Wildman–Crippen MR) is 100 cm³/mol. The van der Waals surface area contributed by atoms with E-state index >= 15 is 0 Å². The minimum Gasteiger partial charge on any atom is -0.497 e. The second kappa shape index (κ2) is 8.67. The van der Waals surface area contributed by atoms with E-state index in [0.717, 1.165) is 42.2 Å². The Hall–Kier alpha value is -2.34. The van der Waals surface area contributed by atoms with Crippen molar-refractivity contribution in [3.63, 3.8) is 0 Å². The van der Waals surface area contributed by atoms with E-state index in [-0.39, 0.29) is 11.9 Å². The first-order valence-electron chi connectivity index (χ1n) is 8.61. The number of aromatic nitrogens is 2. The number of benzene rings is 1. The van der Waals surface area contributed by atoms with Crippen molar-refractivity contribution in [3.8, 4) is 5.75 Å². The molecule has 2 rings (SSSR count). The molecular weight excluding hydrogens is 316 g/mol. The lowest BCUT2D eigenvalue weighted by Gasteiger charge is -2.26. The lowest BCUT2D eigenvalue weighted by atomic mass is 10.1. The van der Waals surface area contributed by atoms with E-state index < -0.39 is 0 Å². The Balaban J connectivity index is 1.95. The fraction of sp³-hybridized carbons (Fsp3) is 0.474. The molecule has 2 aromatic rings. The third-order valence-corrected chi connectivity index (χ3v) is 4.57. The van der Waals surface area contributed by atoms with Crippen molar-refractivity contribution < 1.29 is 9.53 Å². The summed E-state index contributed by atoms with van der Waals surface area (Å²) in [5, 5.41) is 10.2. The van der Waals surface area contributed by atoms with Crippen molar-refractivity contribution >= 4 is 11.6 Å². The average Bonchev–Trinajstić information content (AvgIpc) is 2.92. The summed E-state index contributed by atoms with van der Waals surface area (Å²) in [6.45, 7) is 6.87. The maximum Gasteiger partial charge on any atom is 0.241 e. The van der Waals surface area contributed by atoms with Crippen LogP contribution in [0.2, 0.25) is 0 Å². The largest absolute Gasteiger partial charge is 0.497 e. The fourth-order valence-electron chi connectivity index (χ4n) is 2.98. The van der Waals surface area contributed by atoms with Gasteiger partial charge < -0.3 is 10.1 Å². The highest BCUT2D eigenvalue weighted by atomic mass is 16.5. The van der Waals surface area contributed by atoms with Crippen molar-refractivity contribution in [1.29, 1.82) is 0 Å². The van der Waals surface area contributed by atoms with Crippen LogP contribution in [0.4, 0.5) is 5.69 Å². The van der Waals surface area contributed by atoms with Crippen molar-refractivity contribution in [1.82, 2.24) is 15.1 Å². The summed E-state index contributed by atoms with van der Waals surface area (Å²) in [6.07, 6.45) is 1.62. The smallest absolute Gasteiger partial charge is 0.241 e. The first kappa shape index (κ1) is 19.0. The van der Waals surface area contributed by atoms with Crippen LogP contribution in [-0.4, -0.2) is 47.7 Å². The van der Waals surface area contributed by atoms with E-state index in [9.17, 15) is 4.79 Å². The van der Waals surface area contributed by atoms with Gasteiger partial charge in [-0.25, -0.2) is 0 Å². The maximum atomic E-state index is 12.6. The zero-order valence-corrected chi connectivity index (χ0v) is 15.7. The Labute approximate surface area is 149 Å². The molecule has 1 aromatic carbocycles. The summed E-state index contributed by atoms with van der Waals surface area (Å²) in [5.41, 5.74) is 4.14. The van der Waals surface area contributed by atoms with E-state index in [1.54, 1.807) is 7.11 Å². The van der Waals surface area contributed by atoms with Crippen molar-refractivity contribution in [2.45, 2.75) is 39.7 Å². The molecule has 0 aliphatic carbocycles. The van der Waals surface area contributed by atoms with Crippen LogP contribution in [0.1, 0.15) is 30.3 Å². The Morgan fingerprint density at radius 3 is 2.52 bits per heavy atom. The lowest BCUT2D eigenvalue weighted by Crippen LogP contribution is -2.42. The van der Waals surface area contributed by atoms with Gasteiger partial charge in [0.15, 0.2) is 0 Å². The number of likely N-dealkylation sites (N-methyl/N-ethyl adjacent to an activating group) is 1. The number of H-pyrrole nitrogens is 1. The third kappa shape index (κ3) is 4.82. The van der Waals surface area contributed by atoms with Crippen LogP contribution in [0.3, 0.4) is 0 Å². The molecule has 1 amide bonds. The molecule has 1 atom stereocenters. The minimum absolute atomic E-state index is 0.0100. The molecule has 1 heterocycles. The van der Waals surface area contributed by atoms with Crippen LogP contribution in [0, 0.1) is 13.8 Å². The molecule has 0 saturated carbocycles. The van der Waals surface area contributed by atoms with E-state index in [2.05, 4.69) is 20.4 Å². The van der Waals surface area contributed by atoms with Gasteiger partial charge in [0.1, 0.15) is 5.75 Å². The minimum atomic E-state index is -0.172. The van der Waals surface area contributed by atoms with E-state index in [0.29, 0.717) is 0 Å². The number of nitrogens with one attached hydrogen (secondary N) is 2. The highest BCUT2D eigenvalue weighted by Crippen LogP contribution is 2.17. The van der Waals surface area contributed by atoms with Gasteiger partial charge in [-0.1, -0.05) is 6.92 Å². The van der Waals surface area contributed by atoms with E-state index in [4.69, 9.17) is 4.74 Å². The molecular formula is C19H28N4O2. The molecule has 25 heavy (non-hydrogen) atoms. The summed E-state index contributed by atoms with van der Waals surface area (Å²) in [7, 11) is 3.62. The molecule has 0 aliphatic heterocycles. The van der Waals surface area contributed by atoms with E-state index in [1.807, 2.05) is 52.1 Å². The number of aryl methyl sites for hydroxylation is 2.